The Bertz CT molecular complexity index is 930. The molecule has 0 unspecified atom stereocenters. The number of hydrogen-bond acceptors (Lipinski definition) is 3. The largest absolute Gasteiger partial charge is 0.481 e. The van der Waals surface area contributed by atoms with Gasteiger partial charge in [0.05, 0.1) is 18.0 Å². The molecule has 1 aliphatic heterocycles. The van der Waals surface area contributed by atoms with Crippen LogP contribution in [0.5, 0.6) is 5.88 Å². The summed E-state index contributed by atoms with van der Waals surface area (Å²) in [5.41, 5.74) is 3.68. The van der Waals surface area contributed by atoms with Gasteiger partial charge >= 0.3 is 0 Å². The molecule has 5 nitrogen and oxygen atoms in total. The summed E-state index contributed by atoms with van der Waals surface area (Å²) in [6.45, 7) is 0.749. The van der Waals surface area contributed by atoms with Gasteiger partial charge < -0.3 is 9.64 Å². The number of hydrogen-bond donors (Lipinski definition) is 0. The quantitative estimate of drug-likeness (QED) is 0.728. The van der Waals surface area contributed by atoms with Gasteiger partial charge in [-0.3, -0.25) is 4.79 Å². The van der Waals surface area contributed by atoms with E-state index in [-0.39, 0.29) is 5.91 Å². The fourth-order valence-corrected chi connectivity index (χ4v) is 3.45. The number of fused-ring (bicyclic) bond motifs is 2. The summed E-state index contributed by atoms with van der Waals surface area (Å²) in [6, 6.07) is 13.7. The first-order valence-corrected chi connectivity index (χ1v) is 8.09. The lowest BCUT2D eigenvalue weighted by atomic mass is 10.0. The average molecular weight is 321 g/mol. The average Bonchev–Trinajstić information content (AvgIpc) is 2.94. The fourth-order valence-electron chi connectivity index (χ4n) is 3.45. The second-order valence-corrected chi connectivity index (χ2v) is 6.05. The van der Waals surface area contributed by atoms with Gasteiger partial charge in [0.25, 0.3) is 5.91 Å². The lowest BCUT2D eigenvalue weighted by Gasteiger charge is -2.29. The highest BCUT2D eigenvalue weighted by Gasteiger charge is 2.24. The van der Waals surface area contributed by atoms with Gasteiger partial charge in [0.2, 0.25) is 5.88 Å². The molecule has 0 atom stereocenters. The number of rotatable bonds is 2. The Morgan fingerprint density at radius 1 is 1.21 bits per heavy atom. The van der Waals surface area contributed by atoms with Gasteiger partial charge in [0.1, 0.15) is 0 Å². The molecular formula is C19H19N3O2. The molecule has 1 amide bonds. The Hall–Kier alpha value is -2.82. The van der Waals surface area contributed by atoms with Gasteiger partial charge in [-0.1, -0.05) is 18.2 Å². The number of aromatic nitrogens is 2. The molecule has 24 heavy (non-hydrogen) atoms. The van der Waals surface area contributed by atoms with E-state index < -0.39 is 0 Å². The molecular weight excluding hydrogens is 302 g/mol. The van der Waals surface area contributed by atoms with Crippen molar-refractivity contribution in [1.29, 1.82) is 0 Å². The molecule has 3 aromatic rings. The summed E-state index contributed by atoms with van der Waals surface area (Å²) in [6.07, 6.45) is 2.01. The summed E-state index contributed by atoms with van der Waals surface area (Å²) < 4.78 is 7.06. The third-order valence-corrected chi connectivity index (χ3v) is 4.58. The van der Waals surface area contributed by atoms with Crippen molar-refractivity contribution < 1.29 is 9.53 Å². The van der Waals surface area contributed by atoms with Gasteiger partial charge in [0, 0.05) is 24.8 Å². The second kappa shape index (κ2) is 5.67. The van der Waals surface area contributed by atoms with Gasteiger partial charge in [0.15, 0.2) is 0 Å². The maximum absolute atomic E-state index is 13.0. The van der Waals surface area contributed by atoms with Crippen LogP contribution in [-0.4, -0.2) is 29.3 Å². The van der Waals surface area contributed by atoms with Crippen LogP contribution in [-0.2, 0) is 13.5 Å². The summed E-state index contributed by atoms with van der Waals surface area (Å²) in [5.74, 6) is 0.723. The van der Waals surface area contributed by atoms with E-state index in [0.29, 0.717) is 11.4 Å². The first-order chi connectivity index (χ1) is 11.7. The zero-order chi connectivity index (χ0) is 16.7. The number of carbonyl (C=O) groups excluding carboxylic acids is 1. The Balaban J connectivity index is 1.74. The van der Waals surface area contributed by atoms with Gasteiger partial charge in [-0.2, -0.15) is 5.10 Å². The van der Waals surface area contributed by atoms with Crippen molar-refractivity contribution in [2.75, 3.05) is 18.6 Å². The third-order valence-electron chi connectivity index (χ3n) is 4.58. The number of anilines is 1. The summed E-state index contributed by atoms with van der Waals surface area (Å²) in [7, 11) is 3.46. The van der Waals surface area contributed by atoms with Crippen molar-refractivity contribution in [3.8, 4) is 5.88 Å². The molecule has 2 heterocycles. The highest BCUT2D eigenvalue weighted by molar-refractivity contribution is 6.08. The van der Waals surface area contributed by atoms with Crippen molar-refractivity contribution in [2.45, 2.75) is 12.8 Å². The van der Waals surface area contributed by atoms with Crippen LogP contribution in [0.1, 0.15) is 22.3 Å². The van der Waals surface area contributed by atoms with Crippen molar-refractivity contribution in [3.05, 3.63) is 53.6 Å². The smallest absolute Gasteiger partial charge is 0.258 e. The molecule has 4 rings (SSSR count). The topological polar surface area (TPSA) is 47.4 Å². The zero-order valence-corrected chi connectivity index (χ0v) is 13.8. The minimum atomic E-state index is 0.0219. The Morgan fingerprint density at radius 2 is 2.04 bits per heavy atom. The molecule has 0 fully saturated rings. The molecule has 122 valence electrons. The molecule has 1 aliphatic rings. The highest BCUT2D eigenvalue weighted by Crippen LogP contribution is 2.30. The van der Waals surface area contributed by atoms with E-state index in [1.54, 1.807) is 11.8 Å². The molecule has 1 aromatic heterocycles. The van der Waals surface area contributed by atoms with E-state index in [4.69, 9.17) is 4.74 Å². The SMILES string of the molecule is COc1c2ccc(C(=O)N3CCCc4ccccc43)cc2nn1C. The van der Waals surface area contributed by atoms with E-state index in [1.807, 2.05) is 48.3 Å². The molecule has 0 N–H and O–H groups in total. The zero-order valence-electron chi connectivity index (χ0n) is 13.8. The van der Waals surface area contributed by atoms with Crippen LogP contribution in [0.3, 0.4) is 0 Å². The maximum Gasteiger partial charge on any atom is 0.258 e. The van der Waals surface area contributed by atoms with Gasteiger partial charge in [-0.15, -0.1) is 0 Å². The maximum atomic E-state index is 13.0. The Kier molecular flexibility index (Phi) is 3.49. The minimum Gasteiger partial charge on any atom is -0.481 e. The van der Waals surface area contributed by atoms with Crippen molar-refractivity contribution >= 4 is 22.5 Å². The molecule has 2 aromatic carbocycles. The number of ether oxygens (including phenoxy) is 1. The van der Waals surface area contributed by atoms with Gasteiger partial charge in [-0.25, -0.2) is 4.68 Å². The summed E-state index contributed by atoms with van der Waals surface area (Å²) >= 11 is 0. The third kappa shape index (κ3) is 2.24. The van der Waals surface area contributed by atoms with Gasteiger partial charge in [-0.05, 0) is 42.7 Å². The number of amides is 1. The molecule has 0 radical (unpaired) electrons. The lowest BCUT2D eigenvalue weighted by molar-refractivity contribution is 0.0985. The van der Waals surface area contributed by atoms with E-state index >= 15 is 0 Å². The number of benzene rings is 2. The Morgan fingerprint density at radius 3 is 2.88 bits per heavy atom. The highest BCUT2D eigenvalue weighted by atomic mass is 16.5. The van der Waals surface area contributed by atoms with Crippen LogP contribution in [0.15, 0.2) is 42.5 Å². The number of aryl methyl sites for hydroxylation is 2. The number of carbonyl (C=O) groups is 1. The normalized spacial score (nSPS) is 13.8. The van der Waals surface area contributed by atoms with Crippen LogP contribution in [0.25, 0.3) is 10.9 Å². The first kappa shape index (κ1) is 14.8. The summed E-state index contributed by atoms with van der Waals surface area (Å²) in [5, 5.41) is 5.35. The minimum absolute atomic E-state index is 0.0219. The van der Waals surface area contributed by atoms with Crippen LogP contribution in [0, 0.1) is 0 Å². The summed E-state index contributed by atoms with van der Waals surface area (Å²) in [4.78, 5) is 14.9. The molecule has 0 saturated carbocycles. The van der Waals surface area contributed by atoms with Crippen molar-refractivity contribution in [1.82, 2.24) is 9.78 Å². The van der Waals surface area contributed by atoms with Crippen LogP contribution < -0.4 is 9.64 Å². The van der Waals surface area contributed by atoms with Crippen LogP contribution >= 0.6 is 0 Å². The van der Waals surface area contributed by atoms with Crippen molar-refractivity contribution in [3.63, 3.8) is 0 Å². The molecule has 0 saturated heterocycles. The standard InChI is InChI=1S/C19H19N3O2/c1-21-19(24-2)15-10-9-14(12-16(15)20-21)18(23)22-11-5-7-13-6-3-4-8-17(13)22/h3-4,6,8-10,12H,5,7,11H2,1-2H3. The molecule has 5 heteroatoms. The van der Waals surface area contributed by atoms with Crippen molar-refractivity contribution in [2.24, 2.45) is 7.05 Å². The molecule has 0 aliphatic carbocycles. The molecule has 0 spiro atoms. The number of methoxy groups -OCH3 is 1. The second-order valence-electron chi connectivity index (χ2n) is 6.05. The van der Waals surface area contributed by atoms with E-state index in [2.05, 4.69) is 11.2 Å². The van der Waals surface area contributed by atoms with Crippen LogP contribution in [0.4, 0.5) is 5.69 Å². The van der Waals surface area contributed by atoms with E-state index in [0.717, 1.165) is 36.0 Å². The first-order valence-electron chi connectivity index (χ1n) is 8.09. The predicted octanol–water partition coefficient (Wildman–Crippen LogP) is 3.17. The fraction of sp³-hybridized carbons (Fsp3) is 0.263. The lowest BCUT2D eigenvalue weighted by Crippen LogP contribution is -2.35. The number of nitrogens with zero attached hydrogens (tertiary/aromatic N) is 3. The van der Waals surface area contributed by atoms with Crippen LogP contribution in [0.2, 0.25) is 0 Å². The number of para-hydroxylation sites is 1. The van der Waals surface area contributed by atoms with E-state index in [1.165, 1.54) is 5.56 Å². The molecule has 0 bridgehead atoms. The monoisotopic (exact) mass is 321 g/mol. The predicted molar refractivity (Wildman–Crippen MR) is 93.7 cm³/mol. The van der Waals surface area contributed by atoms with E-state index in [9.17, 15) is 4.79 Å². The Labute approximate surface area is 140 Å².